The number of nitrogens with zero attached hydrogens (tertiary/aromatic N) is 1. The molecule has 0 aliphatic heterocycles. The van der Waals surface area contributed by atoms with Gasteiger partial charge in [0.1, 0.15) is 10.7 Å². The molecule has 0 fully saturated rings. The van der Waals surface area contributed by atoms with E-state index in [0.717, 1.165) is 15.9 Å². The third kappa shape index (κ3) is 1.92. The number of carbonyl (C=O) groups is 1. The van der Waals surface area contributed by atoms with E-state index in [4.69, 9.17) is 0 Å². The van der Waals surface area contributed by atoms with Crippen LogP contribution < -0.4 is 5.32 Å². The lowest BCUT2D eigenvalue weighted by atomic mass is 10.2. The molecular formula is C12H9N3OS. The number of para-hydroxylation sites is 1. The molecule has 0 saturated heterocycles. The number of benzene rings is 1. The summed E-state index contributed by atoms with van der Waals surface area (Å²) in [6.45, 7) is 0. The maximum atomic E-state index is 11.9. The van der Waals surface area contributed by atoms with Crippen LogP contribution in [0.5, 0.6) is 0 Å². The van der Waals surface area contributed by atoms with Crippen molar-refractivity contribution >= 4 is 33.1 Å². The lowest BCUT2D eigenvalue weighted by Crippen LogP contribution is -2.10. The molecule has 0 radical (unpaired) electrons. The number of aromatic nitrogens is 2. The van der Waals surface area contributed by atoms with E-state index in [1.165, 1.54) is 11.3 Å². The Hall–Kier alpha value is -2.14. The van der Waals surface area contributed by atoms with Crippen LogP contribution in [0.3, 0.4) is 0 Å². The van der Waals surface area contributed by atoms with Crippen molar-refractivity contribution in [2.45, 2.75) is 0 Å². The van der Waals surface area contributed by atoms with Gasteiger partial charge in [-0.3, -0.25) is 9.78 Å². The highest BCUT2D eigenvalue weighted by Gasteiger charge is 2.09. The van der Waals surface area contributed by atoms with Crippen molar-refractivity contribution < 1.29 is 4.79 Å². The second-order valence-electron chi connectivity index (χ2n) is 3.59. The van der Waals surface area contributed by atoms with E-state index in [2.05, 4.69) is 15.3 Å². The van der Waals surface area contributed by atoms with Crippen molar-refractivity contribution in [2.75, 3.05) is 5.32 Å². The molecule has 84 valence electrons. The second kappa shape index (κ2) is 4.03. The monoisotopic (exact) mass is 243 g/mol. The van der Waals surface area contributed by atoms with Gasteiger partial charge in [0.25, 0.3) is 5.91 Å². The van der Waals surface area contributed by atoms with Gasteiger partial charge in [0.2, 0.25) is 0 Å². The molecule has 0 aliphatic carbocycles. The smallest absolute Gasteiger partial charge is 0.272 e. The highest BCUT2D eigenvalue weighted by molar-refractivity contribution is 7.14. The molecule has 2 N–H and O–H groups in total. The first-order chi connectivity index (χ1) is 8.33. The first kappa shape index (κ1) is 10.0. The fourth-order valence-corrected chi connectivity index (χ4v) is 2.16. The van der Waals surface area contributed by atoms with Crippen LogP contribution in [-0.2, 0) is 0 Å². The number of rotatable bonds is 2. The standard InChI is InChI=1S/C12H9N3OS/c16-12(15-11-6-13-7-17-11)10-5-8-3-1-2-4-9(8)14-10/h1-7,14H,(H,15,16). The fourth-order valence-electron chi connectivity index (χ4n) is 1.65. The Bertz CT molecular complexity index is 624. The van der Waals surface area contributed by atoms with Crippen LogP contribution in [0.25, 0.3) is 10.9 Å². The summed E-state index contributed by atoms with van der Waals surface area (Å²) in [6, 6.07) is 9.63. The van der Waals surface area contributed by atoms with Crippen molar-refractivity contribution in [1.82, 2.24) is 9.97 Å². The van der Waals surface area contributed by atoms with E-state index < -0.39 is 0 Å². The number of fused-ring (bicyclic) bond motifs is 1. The summed E-state index contributed by atoms with van der Waals surface area (Å²) in [5.41, 5.74) is 3.20. The van der Waals surface area contributed by atoms with E-state index in [1.807, 2.05) is 30.3 Å². The maximum absolute atomic E-state index is 11.9. The highest BCUT2D eigenvalue weighted by atomic mass is 32.1. The largest absolute Gasteiger partial charge is 0.351 e. The van der Waals surface area contributed by atoms with Crippen LogP contribution in [0.4, 0.5) is 5.00 Å². The van der Waals surface area contributed by atoms with E-state index in [0.29, 0.717) is 5.69 Å². The van der Waals surface area contributed by atoms with Crippen LogP contribution in [0.2, 0.25) is 0 Å². The fraction of sp³-hybridized carbons (Fsp3) is 0. The molecule has 3 rings (SSSR count). The summed E-state index contributed by atoms with van der Waals surface area (Å²) in [7, 11) is 0. The van der Waals surface area contributed by atoms with E-state index >= 15 is 0 Å². The molecule has 0 spiro atoms. The summed E-state index contributed by atoms with van der Waals surface area (Å²) in [5.74, 6) is -0.148. The molecule has 17 heavy (non-hydrogen) atoms. The quantitative estimate of drug-likeness (QED) is 0.727. The van der Waals surface area contributed by atoms with Gasteiger partial charge in [-0.1, -0.05) is 18.2 Å². The number of anilines is 1. The van der Waals surface area contributed by atoms with Crippen molar-refractivity contribution in [3.05, 3.63) is 47.7 Å². The summed E-state index contributed by atoms with van der Waals surface area (Å²) in [4.78, 5) is 18.9. The van der Waals surface area contributed by atoms with Gasteiger partial charge in [0.15, 0.2) is 0 Å². The van der Waals surface area contributed by atoms with Crippen molar-refractivity contribution in [2.24, 2.45) is 0 Å². The minimum absolute atomic E-state index is 0.148. The normalized spacial score (nSPS) is 10.6. The number of nitrogens with one attached hydrogen (secondary N) is 2. The molecule has 0 saturated carbocycles. The predicted molar refractivity (Wildman–Crippen MR) is 68.4 cm³/mol. The minimum Gasteiger partial charge on any atom is -0.351 e. The van der Waals surface area contributed by atoms with Gasteiger partial charge in [0, 0.05) is 10.9 Å². The third-order valence-corrected chi connectivity index (χ3v) is 3.13. The second-order valence-corrected chi connectivity index (χ2v) is 4.48. The van der Waals surface area contributed by atoms with Gasteiger partial charge >= 0.3 is 0 Å². The number of H-pyrrole nitrogens is 1. The zero-order valence-corrected chi connectivity index (χ0v) is 9.62. The van der Waals surface area contributed by atoms with E-state index in [9.17, 15) is 4.79 Å². The molecule has 0 aliphatic rings. The van der Waals surface area contributed by atoms with Crippen LogP contribution in [-0.4, -0.2) is 15.9 Å². The predicted octanol–water partition coefficient (Wildman–Crippen LogP) is 2.88. The molecule has 2 aromatic heterocycles. The number of amides is 1. The van der Waals surface area contributed by atoms with Crippen molar-refractivity contribution in [3.63, 3.8) is 0 Å². The molecule has 0 unspecified atom stereocenters. The first-order valence-electron chi connectivity index (χ1n) is 5.10. The third-order valence-electron chi connectivity index (χ3n) is 2.44. The molecule has 1 aromatic carbocycles. The Labute approximate surface area is 101 Å². The van der Waals surface area contributed by atoms with Crippen LogP contribution in [0, 0.1) is 0 Å². The highest BCUT2D eigenvalue weighted by Crippen LogP contribution is 2.17. The summed E-state index contributed by atoms with van der Waals surface area (Å²) < 4.78 is 0. The topological polar surface area (TPSA) is 57.8 Å². The molecule has 5 heteroatoms. The molecule has 0 atom stereocenters. The van der Waals surface area contributed by atoms with Crippen LogP contribution in [0.1, 0.15) is 10.5 Å². The maximum Gasteiger partial charge on any atom is 0.272 e. The lowest BCUT2D eigenvalue weighted by Gasteiger charge is -1.97. The first-order valence-corrected chi connectivity index (χ1v) is 5.98. The zero-order chi connectivity index (χ0) is 11.7. The molecule has 0 bridgehead atoms. The van der Waals surface area contributed by atoms with Gasteiger partial charge in [-0.25, -0.2) is 0 Å². The van der Waals surface area contributed by atoms with Gasteiger partial charge in [-0.15, -0.1) is 11.3 Å². The number of aromatic amines is 1. The lowest BCUT2D eigenvalue weighted by molar-refractivity contribution is 0.102. The zero-order valence-electron chi connectivity index (χ0n) is 8.81. The number of hydrogen-bond acceptors (Lipinski definition) is 3. The number of carbonyl (C=O) groups excluding carboxylic acids is 1. The molecule has 1 amide bonds. The van der Waals surface area contributed by atoms with Crippen LogP contribution >= 0.6 is 11.3 Å². The summed E-state index contributed by atoms with van der Waals surface area (Å²) >= 11 is 1.40. The number of hydrogen-bond donors (Lipinski definition) is 2. The number of thiazole rings is 1. The van der Waals surface area contributed by atoms with Gasteiger partial charge in [0.05, 0.1) is 11.7 Å². The van der Waals surface area contributed by atoms with Gasteiger partial charge in [-0.2, -0.15) is 0 Å². The Morgan fingerprint density at radius 3 is 3.00 bits per heavy atom. The van der Waals surface area contributed by atoms with Crippen molar-refractivity contribution in [3.8, 4) is 0 Å². The Morgan fingerprint density at radius 1 is 1.35 bits per heavy atom. The SMILES string of the molecule is O=C(Nc1cncs1)c1cc2ccccc2[nH]1. The van der Waals surface area contributed by atoms with E-state index in [1.54, 1.807) is 11.7 Å². The Kier molecular flexibility index (Phi) is 2.38. The van der Waals surface area contributed by atoms with Gasteiger partial charge < -0.3 is 10.3 Å². The summed E-state index contributed by atoms with van der Waals surface area (Å²) in [6.07, 6.45) is 1.63. The molecule has 4 nitrogen and oxygen atoms in total. The van der Waals surface area contributed by atoms with Crippen molar-refractivity contribution in [1.29, 1.82) is 0 Å². The Morgan fingerprint density at radius 2 is 2.24 bits per heavy atom. The molecular weight excluding hydrogens is 234 g/mol. The van der Waals surface area contributed by atoms with E-state index in [-0.39, 0.29) is 5.91 Å². The Balaban J connectivity index is 1.90. The average Bonchev–Trinajstić information content (AvgIpc) is 2.96. The molecule has 2 heterocycles. The molecule has 3 aromatic rings. The average molecular weight is 243 g/mol. The van der Waals surface area contributed by atoms with Gasteiger partial charge in [-0.05, 0) is 12.1 Å². The summed E-state index contributed by atoms with van der Waals surface area (Å²) in [5, 5.41) is 4.56. The minimum atomic E-state index is -0.148. The van der Waals surface area contributed by atoms with Crippen LogP contribution in [0.15, 0.2) is 42.0 Å².